The van der Waals surface area contributed by atoms with E-state index in [1.807, 2.05) is 30.3 Å². The summed E-state index contributed by atoms with van der Waals surface area (Å²) in [5, 5.41) is 12.1. The Morgan fingerprint density at radius 3 is 2.62 bits per heavy atom. The Hall–Kier alpha value is -2.61. The maximum Gasteiger partial charge on any atom is 0.410 e. The van der Waals surface area contributed by atoms with Crippen molar-refractivity contribution >= 4 is 18.0 Å². The summed E-state index contributed by atoms with van der Waals surface area (Å²) in [5.74, 6) is -1.26. The van der Waals surface area contributed by atoms with Crippen molar-refractivity contribution in [2.75, 3.05) is 13.7 Å². The second-order valence-corrected chi connectivity index (χ2v) is 6.14. The highest BCUT2D eigenvalue weighted by molar-refractivity contribution is 5.90. The fraction of sp³-hybridized carbons (Fsp3) is 0.500. The predicted molar refractivity (Wildman–Crippen MR) is 92.0 cm³/mol. The van der Waals surface area contributed by atoms with Crippen LogP contribution in [0.25, 0.3) is 0 Å². The highest BCUT2D eigenvalue weighted by Gasteiger charge is 2.37. The van der Waals surface area contributed by atoms with E-state index >= 15 is 0 Å². The molecule has 0 radical (unpaired) electrons. The predicted octanol–water partition coefficient (Wildman–Crippen LogP) is 0.826. The monoisotopic (exact) mass is 364 g/mol. The van der Waals surface area contributed by atoms with E-state index in [1.165, 1.54) is 18.9 Å². The molecule has 8 nitrogen and oxygen atoms in total. The Balaban J connectivity index is 1.96. The fourth-order valence-electron chi connectivity index (χ4n) is 2.81. The number of carbonyl (C=O) groups excluding carboxylic acids is 3. The van der Waals surface area contributed by atoms with Gasteiger partial charge in [0.1, 0.15) is 12.6 Å². The van der Waals surface area contributed by atoms with Gasteiger partial charge < -0.3 is 19.9 Å². The third-order valence-electron chi connectivity index (χ3n) is 4.23. The van der Waals surface area contributed by atoms with Gasteiger partial charge in [0.05, 0.1) is 13.2 Å². The summed E-state index contributed by atoms with van der Waals surface area (Å²) < 4.78 is 9.86. The quantitative estimate of drug-likeness (QED) is 0.725. The molecular formula is C18H24N2O6. The van der Waals surface area contributed by atoms with Crippen LogP contribution in [0.4, 0.5) is 4.79 Å². The first-order valence-electron chi connectivity index (χ1n) is 8.47. The number of aliphatic hydroxyl groups excluding tert-OH is 1. The summed E-state index contributed by atoms with van der Waals surface area (Å²) in [4.78, 5) is 37.8. The van der Waals surface area contributed by atoms with E-state index in [2.05, 4.69) is 10.1 Å². The molecule has 1 aliphatic heterocycles. The Morgan fingerprint density at radius 2 is 2.00 bits per heavy atom. The number of rotatable bonds is 6. The van der Waals surface area contributed by atoms with Gasteiger partial charge in [0.25, 0.3) is 0 Å². The molecule has 0 saturated carbocycles. The van der Waals surface area contributed by atoms with Crippen LogP contribution in [0.5, 0.6) is 0 Å². The molecule has 8 heteroatoms. The lowest BCUT2D eigenvalue weighted by atomic mass is 10.1. The fourth-order valence-corrected chi connectivity index (χ4v) is 2.81. The van der Waals surface area contributed by atoms with Crippen LogP contribution in [0.15, 0.2) is 30.3 Å². The van der Waals surface area contributed by atoms with Gasteiger partial charge in [0.2, 0.25) is 5.91 Å². The highest BCUT2D eigenvalue weighted by Crippen LogP contribution is 2.19. The minimum Gasteiger partial charge on any atom is -0.467 e. The molecule has 1 aromatic rings. The van der Waals surface area contributed by atoms with E-state index in [0.29, 0.717) is 19.4 Å². The van der Waals surface area contributed by atoms with Crippen molar-refractivity contribution in [1.82, 2.24) is 10.2 Å². The van der Waals surface area contributed by atoms with Crippen molar-refractivity contribution in [2.45, 2.75) is 44.6 Å². The molecule has 3 atom stereocenters. The summed E-state index contributed by atoms with van der Waals surface area (Å²) in [5.41, 5.74) is 0.848. The van der Waals surface area contributed by atoms with Crippen molar-refractivity contribution < 1.29 is 29.0 Å². The number of hydrogen-bond donors (Lipinski definition) is 2. The van der Waals surface area contributed by atoms with E-state index in [4.69, 9.17) is 4.74 Å². The highest BCUT2D eigenvalue weighted by atomic mass is 16.6. The standard InChI is InChI=1S/C18H24N2O6/c1-12(21)15(17(23)25-2)19-16(22)14-9-6-10-20(14)18(24)26-11-13-7-4-3-5-8-13/h3-5,7-8,12,14-15,21H,6,9-11H2,1-2H3,(H,19,22)/t12-,14+,15+/m1/s1. The lowest BCUT2D eigenvalue weighted by Gasteiger charge is -2.26. The van der Waals surface area contributed by atoms with E-state index in [1.54, 1.807) is 0 Å². The molecule has 0 aromatic heterocycles. The topological polar surface area (TPSA) is 105 Å². The number of ether oxygens (including phenoxy) is 2. The van der Waals surface area contributed by atoms with Gasteiger partial charge in [-0.3, -0.25) is 9.69 Å². The van der Waals surface area contributed by atoms with E-state index in [0.717, 1.165) is 5.56 Å². The first-order valence-corrected chi connectivity index (χ1v) is 8.47. The first kappa shape index (κ1) is 19.7. The molecule has 2 amide bonds. The van der Waals surface area contributed by atoms with Crippen LogP contribution < -0.4 is 5.32 Å². The SMILES string of the molecule is COC(=O)[C@@H](NC(=O)[C@@H]1CCCN1C(=O)OCc1ccccc1)[C@@H](C)O. The summed E-state index contributed by atoms with van der Waals surface area (Å²) in [6.07, 6.45) is -0.597. The van der Waals surface area contributed by atoms with Crippen LogP contribution >= 0.6 is 0 Å². The molecule has 0 spiro atoms. The minimum atomic E-state index is -1.18. The van der Waals surface area contributed by atoms with Gasteiger partial charge in [-0.05, 0) is 25.3 Å². The van der Waals surface area contributed by atoms with Gasteiger partial charge in [-0.1, -0.05) is 30.3 Å². The van der Waals surface area contributed by atoms with Crippen molar-refractivity contribution in [1.29, 1.82) is 0 Å². The van der Waals surface area contributed by atoms with Crippen molar-refractivity contribution in [3.05, 3.63) is 35.9 Å². The Kier molecular flexibility index (Phi) is 6.97. The first-order chi connectivity index (χ1) is 12.4. The molecule has 2 N–H and O–H groups in total. The maximum atomic E-state index is 12.5. The number of esters is 1. The second kappa shape index (κ2) is 9.19. The smallest absolute Gasteiger partial charge is 0.410 e. The third kappa shape index (κ3) is 4.95. The molecule has 1 fully saturated rings. The van der Waals surface area contributed by atoms with Gasteiger partial charge >= 0.3 is 12.1 Å². The van der Waals surface area contributed by atoms with Gasteiger partial charge in [-0.25, -0.2) is 9.59 Å². The minimum absolute atomic E-state index is 0.114. The molecule has 1 heterocycles. The van der Waals surface area contributed by atoms with Crippen LogP contribution in [0.1, 0.15) is 25.3 Å². The van der Waals surface area contributed by atoms with E-state index < -0.39 is 36.2 Å². The van der Waals surface area contributed by atoms with Crippen molar-refractivity contribution in [2.24, 2.45) is 0 Å². The van der Waals surface area contributed by atoms with Crippen LogP contribution in [0, 0.1) is 0 Å². The van der Waals surface area contributed by atoms with Crippen LogP contribution in [-0.4, -0.2) is 59.8 Å². The van der Waals surface area contributed by atoms with Crippen LogP contribution in [-0.2, 0) is 25.7 Å². The maximum absolute atomic E-state index is 12.5. The van der Waals surface area contributed by atoms with Crippen LogP contribution in [0.3, 0.4) is 0 Å². The van der Waals surface area contributed by atoms with Gasteiger partial charge in [0.15, 0.2) is 6.04 Å². The molecule has 0 aliphatic carbocycles. The molecule has 0 unspecified atom stereocenters. The normalized spacial score (nSPS) is 18.7. The summed E-state index contributed by atoms with van der Waals surface area (Å²) in [7, 11) is 1.17. The zero-order chi connectivity index (χ0) is 19.1. The van der Waals surface area contributed by atoms with Crippen LogP contribution in [0.2, 0.25) is 0 Å². The number of aliphatic hydroxyl groups is 1. The third-order valence-corrected chi connectivity index (χ3v) is 4.23. The lowest BCUT2D eigenvalue weighted by molar-refractivity contribution is -0.148. The molecule has 1 saturated heterocycles. The Morgan fingerprint density at radius 1 is 1.31 bits per heavy atom. The second-order valence-electron chi connectivity index (χ2n) is 6.14. The molecular weight excluding hydrogens is 340 g/mol. The van der Waals surface area contributed by atoms with E-state index in [-0.39, 0.29) is 6.61 Å². The number of benzene rings is 1. The number of amides is 2. The molecule has 142 valence electrons. The largest absolute Gasteiger partial charge is 0.467 e. The number of nitrogens with zero attached hydrogens (tertiary/aromatic N) is 1. The van der Waals surface area contributed by atoms with Gasteiger partial charge in [-0.15, -0.1) is 0 Å². The molecule has 1 aromatic carbocycles. The summed E-state index contributed by atoms with van der Waals surface area (Å²) in [6.45, 7) is 1.88. The Bertz CT molecular complexity index is 634. The average molecular weight is 364 g/mol. The van der Waals surface area contributed by atoms with E-state index in [9.17, 15) is 19.5 Å². The van der Waals surface area contributed by atoms with Gasteiger partial charge in [-0.2, -0.15) is 0 Å². The Labute approximate surface area is 152 Å². The summed E-state index contributed by atoms with van der Waals surface area (Å²) in [6, 6.07) is 7.30. The van der Waals surface area contributed by atoms with Crippen molar-refractivity contribution in [3.8, 4) is 0 Å². The number of nitrogens with one attached hydrogen (secondary N) is 1. The summed E-state index contributed by atoms with van der Waals surface area (Å²) >= 11 is 0. The zero-order valence-electron chi connectivity index (χ0n) is 14.9. The molecule has 0 bridgehead atoms. The van der Waals surface area contributed by atoms with Gasteiger partial charge in [0, 0.05) is 6.54 Å². The molecule has 1 aliphatic rings. The lowest BCUT2D eigenvalue weighted by Crippen LogP contribution is -2.54. The number of hydrogen-bond acceptors (Lipinski definition) is 6. The number of carbonyl (C=O) groups is 3. The zero-order valence-corrected chi connectivity index (χ0v) is 14.9. The van der Waals surface area contributed by atoms with Crippen molar-refractivity contribution in [3.63, 3.8) is 0 Å². The number of methoxy groups -OCH3 is 1. The average Bonchev–Trinajstić information content (AvgIpc) is 3.14. The number of likely N-dealkylation sites (tertiary alicyclic amines) is 1. The molecule has 26 heavy (non-hydrogen) atoms. The molecule has 2 rings (SSSR count).